The van der Waals surface area contributed by atoms with E-state index in [0.717, 1.165) is 42.1 Å². The van der Waals surface area contributed by atoms with E-state index in [4.69, 9.17) is 6.42 Å². The standard InChI is InChI=1S/C31H48O/c1-8-21(2)10-9-11-22(3)23-14-16-29(7)25-13-12-24-27(4,5)26(32)15-17-30(24)20-31(25,30)19-18-28(23,29)6/h1,10,22-26,32H,9,11-20H2,2-7H3/b21-10+/t22?,23-,24+,25+,26+,28-,29+,30?,31?/m1/s1. The number of rotatable bonds is 4. The lowest BCUT2D eigenvalue weighted by Gasteiger charge is -2.63. The lowest BCUT2D eigenvalue weighted by atomic mass is 9.41. The first kappa shape index (κ1) is 23.0. The fourth-order valence-corrected chi connectivity index (χ4v) is 11.1. The lowest BCUT2D eigenvalue weighted by Crippen LogP contribution is -2.57. The second kappa shape index (κ2) is 7.13. The molecule has 5 saturated carbocycles. The smallest absolute Gasteiger partial charge is 0.0594 e. The van der Waals surface area contributed by atoms with Crippen LogP contribution in [0.4, 0.5) is 0 Å². The molecule has 32 heavy (non-hydrogen) atoms. The van der Waals surface area contributed by atoms with Gasteiger partial charge in [0.25, 0.3) is 0 Å². The third-order valence-corrected chi connectivity index (χ3v) is 13.1. The molecule has 5 aliphatic carbocycles. The van der Waals surface area contributed by atoms with Crippen molar-refractivity contribution in [1.29, 1.82) is 0 Å². The highest BCUT2D eigenvalue weighted by Gasteiger charge is 2.82. The largest absolute Gasteiger partial charge is 0.393 e. The first-order chi connectivity index (χ1) is 15.0. The zero-order chi connectivity index (χ0) is 23.2. The first-order valence-electron chi connectivity index (χ1n) is 13.8. The Balaban J connectivity index is 1.39. The molecular formula is C31H48O. The molecule has 0 radical (unpaired) electrons. The molecule has 0 amide bonds. The summed E-state index contributed by atoms with van der Waals surface area (Å²) < 4.78 is 0. The van der Waals surface area contributed by atoms with Crippen LogP contribution in [0.2, 0.25) is 0 Å². The van der Waals surface area contributed by atoms with E-state index in [9.17, 15) is 5.11 Å². The van der Waals surface area contributed by atoms with Gasteiger partial charge < -0.3 is 5.11 Å². The normalized spacial score (nSPS) is 52.1. The van der Waals surface area contributed by atoms with E-state index < -0.39 is 0 Å². The fraction of sp³-hybridized carbons (Fsp3) is 0.871. The van der Waals surface area contributed by atoms with Crippen LogP contribution in [0.1, 0.15) is 112 Å². The highest BCUT2D eigenvalue weighted by molar-refractivity contribution is 5.30. The number of aliphatic hydroxyl groups excluding tert-OH is 1. The molecule has 5 fully saturated rings. The molecule has 0 bridgehead atoms. The molecule has 5 aliphatic rings. The van der Waals surface area contributed by atoms with Gasteiger partial charge >= 0.3 is 0 Å². The van der Waals surface area contributed by atoms with Gasteiger partial charge in [-0.25, -0.2) is 0 Å². The van der Waals surface area contributed by atoms with Gasteiger partial charge in [0.2, 0.25) is 0 Å². The Morgan fingerprint density at radius 2 is 1.66 bits per heavy atom. The van der Waals surface area contributed by atoms with E-state index in [-0.39, 0.29) is 11.5 Å². The monoisotopic (exact) mass is 436 g/mol. The van der Waals surface area contributed by atoms with Crippen LogP contribution in [-0.2, 0) is 0 Å². The van der Waals surface area contributed by atoms with Crippen molar-refractivity contribution >= 4 is 0 Å². The minimum absolute atomic E-state index is 0.0966. The topological polar surface area (TPSA) is 20.2 Å². The molecule has 0 aliphatic heterocycles. The summed E-state index contributed by atoms with van der Waals surface area (Å²) in [6.07, 6.45) is 22.5. The summed E-state index contributed by atoms with van der Waals surface area (Å²) >= 11 is 0. The molecule has 1 nitrogen and oxygen atoms in total. The van der Waals surface area contributed by atoms with Gasteiger partial charge in [0.05, 0.1) is 6.10 Å². The molecule has 9 atom stereocenters. The molecule has 0 aromatic rings. The van der Waals surface area contributed by atoms with Crippen LogP contribution >= 0.6 is 0 Å². The van der Waals surface area contributed by atoms with Gasteiger partial charge in [-0.05, 0) is 134 Å². The van der Waals surface area contributed by atoms with E-state index >= 15 is 0 Å². The maximum atomic E-state index is 10.8. The lowest BCUT2D eigenvalue weighted by molar-refractivity contribution is -0.161. The second-order valence-corrected chi connectivity index (χ2v) is 14.1. The van der Waals surface area contributed by atoms with Crippen molar-refractivity contribution in [2.45, 2.75) is 118 Å². The highest BCUT2D eigenvalue weighted by Crippen LogP contribution is 2.89. The van der Waals surface area contributed by atoms with Crippen molar-refractivity contribution in [3.05, 3.63) is 11.6 Å². The summed E-state index contributed by atoms with van der Waals surface area (Å²) in [4.78, 5) is 0. The summed E-state index contributed by atoms with van der Waals surface area (Å²) in [5.74, 6) is 6.08. The Morgan fingerprint density at radius 1 is 0.969 bits per heavy atom. The van der Waals surface area contributed by atoms with Crippen LogP contribution in [0.5, 0.6) is 0 Å². The molecule has 3 unspecified atom stereocenters. The molecule has 178 valence electrons. The van der Waals surface area contributed by atoms with Crippen molar-refractivity contribution in [3.63, 3.8) is 0 Å². The maximum absolute atomic E-state index is 10.8. The predicted octanol–water partition coefficient (Wildman–Crippen LogP) is 7.78. The number of terminal acetylenes is 1. The molecule has 1 N–H and O–H groups in total. The van der Waals surface area contributed by atoms with E-state index in [2.05, 4.69) is 53.5 Å². The van der Waals surface area contributed by atoms with Gasteiger partial charge in [-0.3, -0.25) is 0 Å². The Bertz CT molecular complexity index is 845. The van der Waals surface area contributed by atoms with Crippen LogP contribution in [0, 0.1) is 63.1 Å². The zero-order valence-electron chi connectivity index (χ0n) is 21.8. The summed E-state index contributed by atoms with van der Waals surface area (Å²) in [5, 5.41) is 10.8. The Hall–Kier alpha value is -0.740. The minimum Gasteiger partial charge on any atom is -0.393 e. The summed E-state index contributed by atoms with van der Waals surface area (Å²) in [7, 11) is 0. The van der Waals surface area contributed by atoms with Crippen molar-refractivity contribution in [3.8, 4) is 12.3 Å². The zero-order valence-corrected chi connectivity index (χ0v) is 21.8. The molecule has 0 saturated heterocycles. The Labute approximate surface area is 198 Å². The summed E-state index contributed by atoms with van der Waals surface area (Å²) in [6, 6.07) is 0. The molecule has 0 aromatic carbocycles. The molecule has 5 rings (SSSR count). The van der Waals surface area contributed by atoms with E-state index in [0.29, 0.717) is 21.7 Å². The minimum atomic E-state index is -0.0966. The first-order valence-corrected chi connectivity index (χ1v) is 13.8. The summed E-state index contributed by atoms with van der Waals surface area (Å²) in [6.45, 7) is 14.8. The fourth-order valence-electron chi connectivity index (χ4n) is 11.1. The second-order valence-electron chi connectivity index (χ2n) is 14.1. The number of hydrogen-bond donors (Lipinski definition) is 1. The number of hydrogen-bond acceptors (Lipinski definition) is 1. The average molecular weight is 437 g/mol. The van der Waals surface area contributed by atoms with Crippen LogP contribution in [0.25, 0.3) is 0 Å². The van der Waals surface area contributed by atoms with Crippen molar-refractivity contribution in [1.82, 2.24) is 0 Å². The highest BCUT2D eigenvalue weighted by atomic mass is 16.3. The van der Waals surface area contributed by atoms with E-state index in [1.54, 1.807) is 0 Å². The maximum Gasteiger partial charge on any atom is 0.0594 e. The van der Waals surface area contributed by atoms with Gasteiger partial charge in [0.15, 0.2) is 0 Å². The van der Waals surface area contributed by atoms with Crippen molar-refractivity contribution in [2.75, 3.05) is 0 Å². The number of allylic oxidation sites excluding steroid dienone is 2. The molecule has 1 heteroatoms. The Kier molecular flexibility index (Phi) is 5.13. The molecule has 0 heterocycles. The number of fused-ring (bicyclic) bond motifs is 2. The van der Waals surface area contributed by atoms with Crippen LogP contribution < -0.4 is 0 Å². The molecule has 0 aromatic heterocycles. The Morgan fingerprint density at radius 3 is 2.38 bits per heavy atom. The van der Waals surface area contributed by atoms with Gasteiger partial charge in [0, 0.05) is 0 Å². The van der Waals surface area contributed by atoms with Crippen LogP contribution in [0.3, 0.4) is 0 Å². The van der Waals surface area contributed by atoms with Crippen LogP contribution in [0.15, 0.2) is 11.6 Å². The van der Waals surface area contributed by atoms with E-state index in [1.165, 1.54) is 57.8 Å². The van der Waals surface area contributed by atoms with Gasteiger partial charge in [-0.2, -0.15) is 0 Å². The summed E-state index contributed by atoms with van der Waals surface area (Å²) in [5.41, 5.74) is 3.36. The number of aliphatic hydroxyl groups is 1. The van der Waals surface area contributed by atoms with Crippen molar-refractivity contribution < 1.29 is 5.11 Å². The van der Waals surface area contributed by atoms with Gasteiger partial charge in [-0.15, -0.1) is 6.42 Å². The van der Waals surface area contributed by atoms with Gasteiger partial charge in [-0.1, -0.05) is 46.6 Å². The van der Waals surface area contributed by atoms with Crippen LogP contribution in [-0.4, -0.2) is 11.2 Å². The molecule has 2 spiro atoms. The average Bonchev–Trinajstić information content (AvgIpc) is 3.33. The third-order valence-electron chi connectivity index (χ3n) is 13.1. The third kappa shape index (κ3) is 2.69. The predicted molar refractivity (Wildman–Crippen MR) is 134 cm³/mol. The van der Waals surface area contributed by atoms with Gasteiger partial charge in [0.1, 0.15) is 0 Å². The SMILES string of the molecule is C#C/C(C)=C/CCC(C)[C@H]1CC[C@@]2(C)[C@@H]3CC[C@H]4C(C)(C)[C@@H](O)CCC45CC35CC[C@]12C. The van der Waals surface area contributed by atoms with Crippen molar-refractivity contribution in [2.24, 2.45) is 50.7 Å². The molecular weight excluding hydrogens is 388 g/mol. The van der Waals surface area contributed by atoms with E-state index in [1.807, 2.05) is 0 Å². The quantitative estimate of drug-likeness (QED) is 0.446.